The Labute approximate surface area is 156 Å². The van der Waals surface area contributed by atoms with Crippen molar-refractivity contribution < 1.29 is 24.9 Å². The van der Waals surface area contributed by atoms with Crippen LogP contribution in [0.1, 0.15) is 46.9 Å². The maximum Gasteiger partial charge on any atom is 0.337 e. The Bertz CT molecular complexity index is 1030. The number of fused-ring (bicyclic) bond motifs is 1. The lowest BCUT2D eigenvalue weighted by atomic mass is 10.00. The van der Waals surface area contributed by atoms with Crippen LogP contribution in [0, 0.1) is 0 Å². The second kappa shape index (κ2) is 7.15. The Morgan fingerprint density at radius 1 is 1.04 bits per heavy atom. The van der Waals surface area contributed by atoms with Crippen LogP contribution < -0.4 is 0 Å². The van der Waals surface area contributed by atoms with E-state index >= 15 is 0 Å². The fourth-order valence-electron chi connectivity index (χ4n) is 3.65. The largest absolute Gasteiger partial charge is 0.508 e. The molecule has 0 saturated carbocycles. The molecule has 0 aliphatic heterocycles. The first-order chi connectivity index (χ1) is 12.8. The Morgan fingerprint density at radius 2 is 1.74 bits per heavy atom. The van der Waals surface area contributed by atoms with Gasteiger partial charge in [-0.1, -0.05) is 44.2 Å². The zero-order chi connectivity index (χ0) is 19.7. The summed E-state index contributed by atoms with van der Waals surface area (Å²) in [6.07, 6.45) is -0.194. The number of hydrogen-bond donors (Lipinski definition) is 3. The number of nitrogens with zero attached hydrogens (tertiary/aromatic N) is 1. The number of aromatic carboxylic acids is 1. The van der Waals surface area contributed by atoms with Crippen LogP contribution in [0.4, 0.5) is 0 Å². The highest BCUT2D eigenvalue weighted by Crippen LogP contribution is 2.35. The zero-order valence-electron chi connectivity index (χ0n) is 15.1. The maximum atomic E-state index is 11.8. The van der Waals surface area contributed by atoms with E-state index in [-0.39, 0.29) is 30.2 Å². The van der Waals surface area contributed by atoms with Crippen molar-refractivity contribution in [1.29, 1.82) is 0 Å². The van der Waals surface area contributed by atoms with E-state index in [0.29, 0.717) is 22.0 Å². The molecule has 0 unspecified atom stereocenters. The second-order valence-electron chi connectivity index (χ2n) is 6.81. The van der Waals surface area contributed by atoms with Gasteiger partial charge in [0.15, 0.2) is 0 Å². The second-order valence-corrected chi connectivity index (χ2v) is 6.81. The number of phenols is 1. The maximum absolute atomic E-state index is 11.8. The first-order valence-electron chi connectivity index (χ1n) is 8.67. The summed E-state index contributed by atoms with van der Waals surface area (Å²) in [7, 11) is 0. The van der Waals surface area contributed by atoms with E-state index < -0.39 is 11.9 Å². The molecular weight excluding hydrogens is 346 g/mol. The van der Waals surface area contributed by atoms with Gasteiger partial charge in [-0.15, -0.1) is 0 Å². The fraction of sp³-hybridized carbons (Fsp3) is 0.238. The summed E-state index contributed by atoms with van der Waals surface area (Å²) in [6.45, 7) is 4.14. The molecule has 0 aliphatic carbocycles. The molecule has 1 aromatic heterocycles. The standard InChI is InChI=1S/C21H21NO5/c1-12(2)19-16(10-18(24)25)14-7-5-8-15(21(26)27)20(14)22(19)11-13-6-3-4-9-17(13)23/h3-9,12,23H,10-11H2,1-2H3,(H,24,25)(H,26,27). The number of carboxylic acid groups (broad SMARTS) is 2. The molecule has 6 nitrogen and oxygen atoms in total. The van der Waals surface area contributed by atoms with Crippen LogP contribution in [0.3, 0.4) is 0 Å². The van der Waals surface area contributed by atoms with Crippen molar-refractivity contribution in [3.05, 3.63) is 64.8 Å². The lowest BCUT2D eigenvalue weighted by molar-refractivity contribution is -0.136. The molecule has 6 heteroatoms. The summed E-state index contributed by atoms with van der Waals surface area (Å²) in [5.41, 5.74) is 2.61. The Hall–Kier alpha value is -3.28. The van der Waals surface area contributed by atoms with Gasteiger partial charge in [-0.25, -0.2) is 4.79 Å². The first-order valence-corrected chi connectivity index (χ1v) is 8.67. The van der Waals surface area contributed by atoms with Gasteiger partial charge in [0, 0.05) is 16.6 Å². The number of carboxylic acids is 2. The number of aromatic nitrogens is 1. The number of para-hydroxylation sites is 2. The third-order valence-corrected chi connectivity index (χ3v) is 4.66. The molecule has 0 radical (unpaired) electrons. The average Bonchev–Trinajstić information content (AvgIpc) is 2.90. The normalized spacial score (nSPS) is 11.2. The molecule has 27 heavy (non-hydrogen) atoms. The fourth-order valence-corrected chi connectivity index (χ4v) is 3.65. The number of aliphatic carboxylic acids is 1. The monoisotopic (exact) mass is 367 g/mol. The minimum atomic E-state index is -1.08. The van der Waals surface area contributed by atoms with Crippen molar-refractivity contribution in [2.45, 2.75) is 32.7 Å². The molecule has 3 aromatic rings. The number of rotatable bonds is 6. The van der Waals surface area contributed by atoms with Crippen LogP contribution >= 0.6 is 0 Å². The SMILES string of the molecule is CC(C)c1c(CC(=O)O)c2cccc(C(=O)O)c2n1Cc1ccccc1O. The molecule has 0 fully saturated rings. The van der Waals surface area contributed by atoms with Crippen molar-refractivity contribution in [3.63, 3.8) is 0 Å². The minimum absolute atomic E-state index is 0.0285. The summed E-state index contributed by atoms with van der Waals surface area (Å²) in [4.78, 5) is 23.3. The van der Waals surface area contributed by atoms with E-state index in [1.165, 1.54) is 6.07 Å². The van der Waals surface area contributed by atoms with Crippen molar-refractivity contribution >= 4 is 22.8 Å². The van der Waals surface area contributed by atoms with Gasteiger partial charge in [0.25, 0.3) is 0 Å². The van der Waals surface area contributed by atoms with Gasteiger partial charge in [0.2, 0.25) is 0 Å². The van der Waals surface area contributed by atoms with Gasteiger partial charge in [0.05, 0.1) is 24.0 Å². The number of phenolic OH excluding ortho intramolecular Hbond substituents is 1. The third kappa shape index (κ3) is 3.38. The van der Waals surface area contributed by atoms with Crippen molar-refractivity contribution in [3.8, 4) is 5.75 Å². The smallest absolute Gasteiger partial charge is 0.337 e. The summed E-state index contributed by atoms with van der Waals surface area (Å²) in [6, 6.07) is 11.8. The third-order valence-electron chi connectivity index (χ3n) is 4.66. The zero-order valence-corrected chi connectivity index (χ0v) is 15.1. The van der Waals surface area contributed by atoms with Crippen molar-refractivity contribution in [2.75, 3.05) is 0 Å². The van der Waals surface area contributed by atoms with Gasteiger partial charge in [-0.2, -0.15) is 0 Å². The van der Waals surface area contributed by atoms with Crippen LogP contribution in [0.25, 0.3) is 10.9 Å². The molecular formula is C21H21NO5. The first kappa shape index (κ1) is 18.5. The molecule has 0 aliphatic rings. The van der Waals surface area contributed by atoms with E-state index in [1.54, 1.807) is 36.4 Å². The molecule has 0 amide bonds. The van der Waals surface area contributed by atoms with Gasteiger partial charge in [-0.05, 0) is 23.6 Å². The van der Waals surface area contributed by atoms with Gasteiger partial charge >= 0.3 is 11.9 Å². The Kier molecular flexibility index (Phi) is 4.90. The van der Waals surface area contributed by atoms with Gasteiger partial charge < -0.3 is 19.9 Å². The van der Waals surface area contributed by atoms with Crippen LogP contribution in [0.15, 0.2) is 42.5 Å². The van der Waals surface area contributed by atoms with Crippen LogP contribution in [0.2, 0.25) is 0 Å². The summed E-state index contributed by atoms with van der Waals surface area (Å²) < 4.78 is 1.83. The number of carbonyl (C=O) groups is 2. The molecule has 2 aromatic carbocycles. The quantitative estimate of drug-likeness (QED) is 0.615. The van der Waals surface area contributed by atoms with E-state index in [9.17, 15) is 24.9 Å². The summed E-state index contributed by atoms with van der Waals surface area (Å²) in [5, 5.41) is 29.9. The van der Waals surface area contributed by atoms with Crippen LogP contribution in [0.5, 0.6) is 5.75 Å². The highest BCUT2D eigenvalue weighted by atomic mass is 16.4. The molecule has 3 N–H and O–H groups in total. The minimum Gasteiger partial charge on any atom is -0.508 e. The Morgan fingerprint density at radius 3 is 2.33 bits per heavy atom. The van der Waals surface area contributed by atoms with Crippen molar-refractivity contribution in [2.24, 2.45) is 0 Å². The predicted molar refractivity (Wildman–Crippen MR) is 102 cm³/mol. The summed E-state index contributed by atoms with van der Waals surface area (Å²) in [5.74, 6) is -1.96. The van der Waals surface area contributed by atoms with Crippen molar-refractivity contribution in [1.82, 2.24) is 4.57 Å². The van der Waals surface area contributed by atoms with Crippen LogP contribution in [-0.2, 0) is 17.8 Å². The highest BCUT2D eigenvalue weighted by Gasteiger charge is 2.25. The number of benzene rings is 2. The lowest BCUT2D eigenvalue weighted by Crippen LogP contribution is -2.11. The Balaban J connectivity index is 2.38. The van der Waals surface area contributed by atoms with Gasteiger partial charge in [0.1, 0.15) is 5.75 Å². The van der Waals surface area contributed by atoms with Gasteiger partial charge in [-0.3, -0.25) is 4.79 Å². The molecule has 1 heterocycles. The lowest BCUT2D eigenvalue weighted by Gasteiger charge is -2.16. The average molecular weight is 367 g/mol. The number of hydrogen-bond acceptors (Lipinski definition) is 3. The molecule has 0 spiro atoms. The molecule has 140 valence electrons. The topological polar surface area (TPSA) is 99.8 Å². The molecule has 0 bridgehead atoms. The highest BCUT2D eigenvalue weighted by molar-refractivity contribution is 6.04. The van der Waals surface area contributed by atoms with E-state index in [2.05, 4.69) is 0 Å². The van der Waals surface area contributed by atoms with E-state index in [0.717, 1.165) is 5.69 Å². The molecule has 3 rings (SSSR count). The predicted octanol–water partition coefficient (Wildman–Crippen LogP) is 3.84. The molecule has 0 atom stereocenters. The number of aromatic hydroxyl groups is 1. The van der Waals surface area contributed by atoms with E-state index in [1.807, 2.05) is 18.4 Å². The summed E-state index contributed by atoms with van der Waals surface area (Å²) >= 11 is 0. The molecule has 0 saturated heterocycles. The van der Waals surface area contributed by atoms with E-state index in [4.69, 9.17) is 0 Å². The van der Waals surface area contributed by atoms with Crippen LogP contribution in [-0.4, -0.2) is 31.8 Å².